The number of benzene rings is 2. The standard InChI is InChI=1S/C26H34N2O5/c1-33-22-14-10-19(11-15-22)24(30)6-2-3-7-25(31)27-23(18-28-16-4-5-17-28)26(32)20-8-12-21(29)13-9-20/h8-15,23,26,29,32H,2-7,16-18H2,1H3,(H,27,31)/t23-,26-/m1/s1. The third kappa shape index (κ3) is 7.58. The Labute approximate surface area is 195 Å². The van der Waals surface area contributed by atoms with Gasteiger partial charge in [-0.15, -0.1) is 0 Å². The van der Waals surface area contributed by atoms with Gasteiger partial charge in [0.15, 0.2) is 5.78 Å². The molecule has 0 bridgehead atoms. The fraction of sp³-hybridized carbons (Fsp3) is 0.462. The highest BCUT2D eigenvalue weighted by molar-refractivity contribution is 5.96. The van der Waals surface area contributed by atoms with Gasteiger partial charge in [-0.1, -0.05) is 12.1 Å². The van der Waals surface area contributed by atoms with E-state index in [2.05, 4.69) is 10.2 Å². The van der Waals surface area contributed by atoms with Crippen LogP contribution in [0.5, 0.6) is 11.5 Å². The summed E-state index contributed by atoms with van der Waals surface area (Å²) in [7, 11) is 1.58. The number of hydrogen-bond donors (Lipinski definition) is 3. The summed E-state index contributed by atoms with van der Waals surface area (Å²) in [5.74, 6) is 0.762. The summed E-state index contributed by atoms with van der Waals surface area (Å²) in [5.41, 5.74) is 1.30. The van der Waals surface area contributed by atoms with Gasteiger partial charge in [0, 0.05) is 24.9 Å². The van der Waals surface area contributed by atoms with Gasteiger partial charge in [0.25, 0.3) is 0 Å². The second-order valence-electron chi connectivity index (χ2n) is 8.58. The maximum absolute atomic E-state index is 12.6. The van der Waals surface area contributed by atoms with E-state index < -0.39 is 12.1 Å². The molecule has 2 atom stereocenters. The summed E-state index contributed by atoms with van der Waals surface area (Å²) in [5, 5.41) is 23.4. The van der Waals surface area contributed by atoms with Gasteiger partial charge in [-0.2, -0.15) is 0 Å². The van der Waals surface area contributed by atoms with Crippen molar-refractivity contribution in [2.24, 2.45) is 0 Å². The van der Waals surface area contributed by atoms with E-state index >= 15 is 0 Å². The number of aliphatic hydroxyl groups excluding tert-OH is 1. The highest BCUT2D eigenvalue weighted by Gasteiger charge is 2.26. The summed E-state index contributed by atoms with van der Waals surface area (Å²) in [6, 6.07) is 13.0. The van der Waals surface area contributed by atoms with Crippen molar-refractivity contribution in [3.8, 4) is 11.5 Å². The lowest BCUT2D eigenvalue weighted by Gasteiger charge is -2.28. The summed E-state index contributed by atoms with van der Waals surface area (Å²) in [4.78, 5) is 27.2. The van der Waals surface area contributed by atoms with Crippen molar-refractivity contribution in [1.29, 1.82) is 0 Å². The molecule has 1 heterocycles. The molecule has 7 heteroatoms. The number of nitrogens with one attached hydrogen (secondary N) is 1. The summed E-state index contributed by atoms with van der Waals surface area (Å²) in [6.45, 7) is 2.49. The van der Waals surface area contributed by atoms with Crippen molar-refractivity contribution in [2.45, 2.75) is 50.7 Å². The zero-order valence-corrected chi connectivity index (χ0v) is 19.2. The van der Waals surface area contributed by atoms with Gasteiger partial charge < -0.3 is 25.2 Å². The number of hydrogen-bond acceptors (Lipinski definition) is 6. The van der Waals surface area contributed by atoms with Crippen LogP contribution in [0.3, 0.4) is 0 Å². The van der Waals surface area contributed by atoms with Crippen LogP contribution in [0, 0.1) is 0 Å². The fourth-order valence-corrected chi connectivity index (χ4v) is 4.14. The quantitative estimate of drug-likeness (QED) is 0.336. The Morgan fingerprint density at radius 2 is 1.64 bits per heavy atom. The maximum atomic E-state index is 12.6. The van der Waals surface area contributed by atoms with Crippen molar-refractivity contribution in [3.63, 3.8) is 0 Å². The number of amides is 1. The molecule has 3 N–H and O–H groups in total. The number of rotatable bonds is 12. The molecule has 1 amide bonds. The molecule has 1 fully saturated rings. The van der Waals surface area contributed by atoms with Crippen LogP contribution in [0.1, 0.15) is 60.6 Å². The van der Waals surface area contributed by atoms with Gasteiger partial charge in [0.05, 0.1) is 13.2 Å². The molecular weight excluding hydrogens is 420 g/mol. The average Bonchev–Trinajstić information content (AvgIpc) is 3.34. The predicted octanol–water partition coefficient (Wildman–Crippen LogP) is 3.46. The van der Waals surface area contributed by atoms with Crippen molar-refractivity contribution in [2.75, 3.05) is 26.7 Å². The molecule has 3 rings (SSSR count). The number of phenols is 1. The monoisotopic (exact) mass is 454 g/mol. The van der Waals surface area contributed by atoms with E-state index in [0.717, 1.165) is 25.9 Å². The summed E-state index contributed by atoms with van der Waals surface area (Å²) >= 11 is 0. The molecule has 0 unspecified atom stereocenters. The number of likely N-dealkylation sites (tertiary alicyclic amines) is 1. The van der Waals surface area contributed by atoms with Crippen molar-refractivity contribution in [3.05, 3.63) is 59.7 Å². The van der Waals surface area contributed by atoms with Gasteiger partial charge in [-0.05, 0) is 80.7 Å². The Morgan fingerprint density at radius 1 is 1.00 bits per heavy atom. The minimum atomic E-state index is -0.869. The second-order valence-corrected chi connectivity index (χ2v) is 8.58. The van der Waals surface area contributed by atoms with Crippen LogP contribution in [0.25, 0.3) is 0 Å². The minimum Gasteiger partial charge on any atom is -0.508 e. The lowest BCUT2D eigenvalue weighted by molar-refractivity contribution is -0.123. The average molecular weight is 455 g/mol. The van der Waals surface area contributed by atoms with E-state index in [9.17, 15) is 19.8 Å². The Morgan fingerprint density at radius 3 is 2.27 bits per heavy atom. The number of carbonyl (C=O) groups is 2. The molecule has 0 spiro atoms. The van der Waals surface area contributed by atoms with Crippen LogP contribution in [-0.4, -0.2) is 59.6 Å². The third-order valence-electron chi connectivity index (χ3n) is 6.09. The van der Waals surface area contributed by atoms with E-state index in [0.29, 0.717) is 49.1 Å². The smallest absolute Gasteiger partial charge is 0.220 e. The van der Waals surface area contributed by atoms with Crippen LogP contribution in [0.15, 0.2) is 48.5 Å². The Balaban J connectivity index is 1.48. The molecule has 0 aromatic heterocycles. The summed E-state index contributed by atoms with van der Waals surface area (Å²) < 4.78 is 5.11. The fourth-order valence-electron chi connectivity index (χ4n) is 4.14. The molecule has 2 aromatic rings. The lowest BCUT2D eigenvalue weighted by atomic mass is 10.0. The zero-order valence-electron chi connectivity index (χ0n) is 19.2. The number of aliphatic hydroxyl groups is 1. The molecule has 0 saturated carbocycles. The van der Waals surface area contributed by atoms with E-state index in [-0.39, 0.29) is 17.4 Å². The highest BCUT2D eigenvalue weighted by Crippen LogP contribution is 2.22. The topological polar surface area (TPSA) is 99.1 Å². The number of unbranched alkanes of at least 4 members (excludes halogenated alkanes) is 1. The number of ketones is 1. The van der Waals surface area contributed by atoms with E-state index in [4.69, 9.17) is 4.74 Å². The molecule has 1 saturated heterocycles. The van der Waals surface area contributed by atoms with E-state index in [1.165, 1.54) is 12.1 Å². The number of nitrogens with zero attached hydrogens (tertiary/aromatic N) is 1. The number of methoxy groups -OCH3 is 1. The maximum Gasteiger partial charge on any atom is 0.220 e. The zero-order chi connectivity index (χ0) is 23.6. The molecule has 1 aliphatic rings. The molecule has 7 nitrogen and oxygen atoms in total. The van der Waals surface area contributed by atoms with Crippen molar-refractivity contribution >= 4 is 11.7 Å². The highest BCUT2D eigenvalue weighted by atomic mass is 16.5. The third-order valence-corrected chi connectivity index (χ3v) is 6.09. The molecule has 0 radical (unpaired) electrons. The van der Waals surface area contributed by atoms with Crippen molar-refractivity contribution in [1.82, 2.24) is 10.2 Å². The molecular formula is C26H34N2O5. The van der Waals surface area contributed by atoms with Crippen LogP contribution >= 0.6 is 0 Å². The number of carbonyl (C=O) groups excluding carboxylic acids is 2. The first kappa shape index (κ1) is 24.7. The molecule has 2 aromatic carbocycles. The van der Waals surface area contributed by atoms with Crippen LogP contribution in [0.2, 0.25) is 0 Å². The van der Waals surface area contributed by atoms with E-state index in [1.807, 2.05) is 0 Å². The lowest BCUT2D eigenvalue weighted by Crippen LogP contribution is -2.46. The summed E-state index contributed by atoms with van der Waals surface area (Å²) in [6.07, 6.45) is 3.28. The van der Waals surface area contributed by atoms with Gasteiger partial charge in [-0.3, -0.25) is 9.59 Å². The minimum absolute atomic E-state index is 0.0488. The second kappa shape index (κ2) is 12.4. The molecule has 0 aliphatic carbocycles. The van der Waals surface area contributed by atoms with E-state index in [1.54, 1.807) is 43.5 Å². The number of ether oxygens (including phenoxy) is 1. The van der Waals surface area contributed by atoms with Crippen molar-refractivity contribution < 1.29 is 24.5 Å². The number of Topliss-reactive ketones (excluding diaryl/α,β-unsaturated/α-hetero) is 1. The van der Waals surface area contributed by atoms with Gasteiger partial charge in [-0.25, -0.2) is 0 Å². The van der Waals surface area contributed by atoms with Crippen LogP contribution < -0.4 is 10.1 Å². The normalized spacial score (nSPS) is 15.7. The molecule has 1 aliphatic heterocycles. The SMILES string of the molecule is COc1ccc(C(=O)CCCCC(=O)N[C@H](CN2CCCC2)[C@H](O)c2ccc(O)cc2)cc1. The number of aromatic hydroxyl groups is 1. The molecule has 33 heavy (non-hydrogen) atoms. The predicted molar refractivity (Wildman–Crippen MR) is 126 cm³/mol. The van der Waals surface area contributed by atoms with Crippen LogP contribution in [0.4, 0.5) is 0 Å². The molecule has 178 valence electrons. The van der Waals surface area contributed by atoms with Gasteiger partial charge >= 0.3 is 0 Å². The number of phenolic OH excluding ortho intramolecular Hbond substituents is 1. The first-order valence-electron chi connectivity index (χ1n) is 11.6. The Hall–Kier alpha value is -2.90. The first-order valence-corrected chi connectivity index (χ1v) is 11.6. The largest absolute Gasteiger partial charge is 0.508 e. The van der Waals surface area contributed by atoms with Crippen LogP contribution in [-0.2, 0) is 4.79 Å². The van der Waals surface area contributed by atoms with Gasteiger partial charge in [0.1, 0.15) is 17.6 Å². The first-order chi connectivity index (χ1) is 16.0. The Kier molecular flexibility index (Phi) is 9.27. The van der Waals surface area contributed by atoms with Gasteiger partial charge in [0.2, 0.25) is 5.91 Å². The Bertz CT molecular complexity index is 892.